The maximum absolute atomic E-state index is 12.5. The van der Waals surface area contributed by atoms with Crippen molar-refractivity contribution in [1.29, 1.82) is 0 Å². The number of nitrogens with zero attached hydrogens (tertiary/aromatic N) is 1. The van der Waals surface area contributed by atoms with Gasteiger partial charge in [0.1, 0.15) is 5.30 Å². The van der Waals surface area contributed by atoms with E-state index in [-0.39, 0.29) is 24.2 Å². The topological polar surface area (TPSA) is 78.7 Å². The van der Waals surface area contributed by atoms with Crippen LogP contribution in [-0.4, -0.2) is 18.1 Å². The van der Waals surface area contributed by atoms with Crippen molar-refractivity contribution >= 4 is 18.6 Å². The number of benzene rings is 1. The molecular weight excluding hydrogens is 257 g/mol. The van der Waals surface area contributed by atoms with Gasteiger partial charge in [0.15, 0.2) is 0 Å². The molecule has 0 radical (unpaired) electrons. The van der Waals surface area contributed by atoms with Gasteiger partial charge in [-0.2, -0.15) is 0 Å². The summed E-state index contributed by atoms with van der Waals surface area (Å²) in [6.45, 7) is 5.35. The molecular formula is C11H16NO5P. The maximum Gasteiger partial charge on any atom is 0.368 e. The minimum atomic E-state index is -3.62. The monoisotopic (exact) mass is 273 g/mol. The van der Waals surface area contributed by atoms with Crippen LogP contribution in [0.25, 0.3) is 0 Å². The zero-order valence-corrected chi connectivity index (χ0v) is 11.5. The Bertz CT molecular complexity index is 478. The van der Waals surface area contributed by atoms with Gasteiger partial charge in [-0.25, -0.2) is 0 Å². The summed E-state index contributed by atoms with van der Waals surface area (Å²) in [6, 6.07) is 4.44. The van der Waals surface area contributed by atoms with Crippen LogP contribution in [0.5, 0.6) is 0 Å². The zero-order chi connectivity index (χ0) is 13.8. The van der Waals surface area contributed by atoms with E-state index in [1.54, 1.807) is 26.8 Å². The Kier molecular flexibility index (Phi) is 5.02. The molecule has 0 N–H and O–H groups in total. The van der Waals surface area contributed by atoms with Crippen LogP contribution in [0.1, 0.15) is 19.4 Å². The molecule has 0 aliphatic heterocycles. The number of aryl methyl sites for hydroxylation is 1. The van der Waals surface area contributed by atoms with E-state index < -0.39 is 12.5 Å². The summed E-state index contributed by atoms with van der Waals surface area (Å²) in [5.41, 5.74) is 0.477. The van der Waals surface area contributed by atoms with Crippen molar-refractivity contribution in [2.24, 2.45) is 0 Å². The molecule has 0 unspecified atom stereocenters. The molecule has 0 aliphatic rings. The Labute approximate surface area is 106 Å². The highest BCUT2D eigenvalue weighted by Gasteiger charge is 2.34. The average molecular weight is 273 g/mol. The third-order valence-corrected chi connectivity index (χ3v) is 4.39. The molecule has 1 aromatic rings. The molecule has 1 aromatic carbocycles. The van der Waals surface area contributed by atoms with Crippen LogP contribution in [0, 0.1) is 17.0 Å². The summed E-state index contributed by atoms with van der Waals surface area (Å²) >= 11 is 0. The zero-order valence-electron chi connectivity index (χ0n) is 10.6. The minimum Gasteiger partial charge on any atom is -0.305 e. The fourth-order valence-corrected chi connectivity index (χ4v) is 3.24. The second-order valence-electron chi connectivity index (χ2n) is 3.58. The molecule has 1 rings (SSSR count). The molecule has 0 saturated heterocycles. The van der Waals surface area contributed by atoms with Crippen LogP contribution in [-0.2, 0) is 13.6 Å². The highest BCUT2D eigenvalue weighted by Crippen LogP contribution is 2.49. The van der Waals surface area contributed by atoms with Crippen molar-refractivity contribution in [3.63, 3.8) is 0 Å². The third-order valence-electron chi connectivity index (χ3n) is 2.22. The molecule has 100 valence electrons. The maximum atomic E-state index is 12.5. The predicted octanol–water partition coefficient (Wildman–Crippen LogP) is 2.79. The predicted molar refractivity (Wildman–Crippen MR) is 68.3 cm³/mol. The Balaban J connectivity index is 3.36. The van der Waals surface area contributed by atoms with Gasteiger partial charge < -0.3 is 9.05 Å². The van der Waals surface area contributed by atoms with Gasteiger partial charge >= 0.3 is 7.60 Å². The number of nitro groups is 1. The summed E-state index contributed by atoms with van der Waals surface area (Å²) in [7, 11) is -3.62. The van der Waals surface area contributed by atoms with Crippen LogP contribution in [0.4, 0.5) is 5.69 Å². The molecule has 0 atom stereocenters. The second kappa shape index (κ2) is 6.09. The Morgan fingerprint density at radius 1 is 1.28 bits per heavy atom. The van der Waals surface area contributed by atoms with Crippen LogP contribution < -0.4 is 5.30 Å². The SMILES string of the molecule is CCOP(=O)(OCC)c1ccc(C)cc1[N+](=O)[O-]. The first kappa shape index (κ1) is 14.8. The van der Waals surface area contributed by atoms with Crippen molar-refractivity contribution in [2.75, 3.05) is 13.2 Å². The van der Waals surface area contributed by atoms with Gasteiger partial charge in [-0.3, -0.25) is 14.7 Å². The second-order valence-corrected chi connectivity index (χ2v) is 5.58. The lowest BCUT2D eigenvalue weighted by Gasteiger charge is -2.17. The highest BCUT2D eigenvalue weighted by atomic mass is 31.2. The van der Waals surface area contributed by atoms with Crippen LogP contribution in [0.3, 0.4) is 0 Å². The Morgan fingerprint density at radius 2 is 1.83 bits per heavy atom. The molecule has 0 aromatic heterocycles. The molecule has 0 fully saturated rings. The summed E-state index contributed by atoms with van der Waals surface area (Å²) in [5, 5.41) is 11.0. The first-order valence-electron chi connectivity index (χ1n) is 5.59. The van der Waals surface area contributed by atoms with Gasteiger partial charge in [-0.1, -0.05) is 6.07 Å². The first-order valence-corrected chi connectivity index (χ1v) is 7.13. The molecule has 18 heavy (non-hydrogen) atoms. The van der Waals surface area contributed by atoms with Crippen molar-refractivity contribution in [3.05, 3.63) is 33.9 Å². The van der Waals surface area contributed by atoms with Crippen LogP contribution in [0.2, 0.25) is 0 Å². The smallest absolute Gasteiger partial charge is 0.305 e. The molecule has 7 heteroatoms. The molecule has 0 aliphatic carbocycles. The summed E-state index contributed by atoms with van der Waals surface area (Å²) in [4.78, 5) is 10.4. The van der Waals surface area contributed by atoms with E-state index in [2.05, 4.69) is 0 Å². The molecule has 6 nitrogen and oxygen atoms in total. The van der Waals surface area contributed by atoms with Gasteiger partial charge in [0.2, 0.25) is 0 Å². The molecule has 0 bridgehead atoms. The lowest BCUT2D eigenvalue weighted by atomic mass is 10.2. The number of hydrogen-bond acceptors (Lipinski definition) is 5. The van der Waals surface area contributed by atoms with Crippen molar-refractivity contribution < 1.29 is 18.5 Å². The number of hydrogen-bond donors (Lipinski definition) is 0. The fraction of sp³-hybridized carbons (Fsp3) is 0.455. The van der Waals surface area contributed by atoms with E-state index in [0.29, 0.717) is 5.56 Å². The van der Waals surface area contributed by atoms with E-state index >= 15 is 0 Å². The van der Waals surface area contributed by atoms with E-state index in [1.165, 1.54) is 12.1 Å². The van der Waals surface area contributed by atoms with E-state index in [0.717, 1.165) is 0 Å². The molecule has 0 spiro atoms. The Hall–Kier alpha value is -1.23. The van der Waals surface area contributed by atoms with Gasteiger partial charge in [-0.15, -0.1) is 0 Å². The van der Waals surface area contributed by atoms with Gasteiger partial charge in [-0.05, 0) is 32.4 Å². The van der Waals surface area contributed by atoms with Crippen molar-refractivity contribution in [1.82, 2.24) is 0 Å². The highest BCUT2D eigenvalue weighted by molar-refractivity contribution is 7.62. The summed E-state index contributed by atoms with van der Waals surface area (Å²) in [5.74, 6) is 0. The van der Waals surface area contributed by atoms with Crippen LogP contribution >= 0.6 is 7.60 Å². The quantitative estimate of drug-likeness (QED) is 0.452. The van der Waals surface area contributed by atoms with E-state index in [1.807, 2.05) is 0 Å². The van der Waals surface area contributed by atoms with Gasteiger partial charge in [0.05, 0.1) is 18.1 Å². The normalized spacial score (nSPS) is 11.5. The average Bonchev–Trinajstić information content (AvgIpc) is 2.29. The summed E-state index contributed by atoms with van der Waals surface area (Å²) in [6.07, 6.45) is 0. The lowest BCUT2D eigenvalue weighted by Crippen LogP contribution is -2.15. The molecule has 0 saturated carbocycles. The van der Waals surface area contributed by atoms with Crippen molar-refractivity contribution in [2.45, 2.75) is 20.8 Å². The standard InChI is InChI=1S/C11H16NO5P/c1-4-16-18(15,17-5-2)11-7-6-9(3)8-10(11)12(13)14/h6-8H,4-5H2,1-3H3. The van der Waals surface area contributed by atoms with E-state index in [9.17, 15) is 14.7 Å². The minimum absolute atomic E-state index is 0.00167. The summed E-state index contributed by atoms with van der Waals surface area (Å²) < 4.78 is 22.7. The van der Waals surface area contributed by atoms with Gasteiger partial charge in [0.25, 0.3) is 5.69 Å². The largest absolute Gasteiger partial charge is 0.368 e. The number of nitro benzene ring substituents is 1. The first-order chi connectivity index (χ1) is 8.44. The molecule has 0 amide bonds. The lowest BCUT2D eigenvalue weighted by molar-refractivity contribution is -0.383. The Morgan fingerprint density at radius 3 is 2.28 bits per heavy atom. The third kappa shape index (κ3) is 3.16. The van der Waals surface area contributed by atoms with Gasteiger partial charge in [0, 0.05) is 6.07 Å². The van der Waals surface area contributed by atoms with Crippen LogP contribution in [0.15, 0.2) is 18.2 Å². The molecule has 0 heterocycles. The van der Waals surface area contributed by atoms with Crippen molar-refractivity contribution in [3.8, 4) is 0 Å². The fourth-order valence-electron chi connectivity index (χ4n) is 1.53. The van der Waals surface area contributed by atoms with E-state index in [4.69, 9.17) is 9.05 Å². The number of rotatable bonds is 6.